The van der Waals surface area contributed by atoms with Gasteiger partial charge in [-0.2, -0.15) is 0 Å². The van der Waals surface area contributed by atoms with Crippen LogP contribution in [-0.4, -0.2) is 15.0 Å². The monoisotopic (exact) mass is 371 g/mol. The Bertz CT molecular complexity index is 990. The van der Waals surface area contributed by atoms with Crippen LogP contribution in [0.5, 0.6) is 0 Å². The maximum atomic E-state index is 12.7. The van der Waals surface area contributed by atoms with Gasteiger partial charge in [-0.15, -0.1) is 0 Å². The number of hydrogen-bond acceptors (Lipinski definition) is 2. The molecule has 0 unspecified atom stereocenters. The van der Waals surface area contributed by atoms with Gasteiger partial charge >= 0.3 is 5.69 Å². The van der Waals surface area contributed by atoms with Gasteiger partial charge in [0.25, 0.3) is 0 Å². The largest absolute Gasteiger partial charge is 0.348 e. The predicted octanol–water partition coefficient (Wildman–Crippen LogP) is 3.74. The molecule has 3 aromatic rings. The third-order valence-corrected chi connectivity index (χ3v) is 4.64. The second-order valence-corrected chi connectivity index (χ2v) is 6.79. The van der Waals surface area contributed by atoms with Gasteiger partial charge in [-0.05, 0) is 43.2 Å². The van der Waals surface area contributed by atoms with E-state index in [-0.39, 0.29) is 24.2 Å². The van der Waals surface area contributed by atoms with E-state index < -0.39 is 0 Å². The van der Waals surface area contributed by atoms with Crippen molar-refractivity contribution in [3.63, 3.8) is 0 Å². The van der Waals surface area contributed by atoms with E-state index in [9.17, 15) is 9.59 Å². The van der Waals surface area contributed by atoms with Crippen LogP contribution >= 0.6 is 11.6 Å². The second-order valence-electron chi connectivity index (χ2n) is 6.35. The number of rotatable bonds is 6. The van der Waals surface area contributed by atoms with Crippen molar-refractivity contribution in [3.05, 3.63) is 69.6 Å². The van der Waals surface area contributed by atoms with Crippen LogP contribution in [0.4, 0.5) is 0 Å². The number of carbonyl (C=O) groups excluding carboxylic acids is 1. The van der Waals surface area contributed by atoms with Crippen LogP contribution in [0.2, 0.25) is 5.02 Å². The molecule has 0 aliphatic heterocycles. The van der Waals surface area contributed by atoms with Gasteiger partial charge in [0.1, 0.15) is 6.54 Å². The summed E-state index contributed by atoms with van der Waals surface area (Å²) in [7, 11) is 0. The lowest BCUT2D eigenvalue weighted by molar-refractivity contribution is -0.122. The number of para-hydroxylation sites is 2. The van der Waals surface area contributed by atoms with Crippen LogP contribution in [0.15, 0.2) is 53.3 Å². The van der Waals surface area contributed by atoms with Crippen molar-refractivity contribution in [2.75, 3.05) is 0 Å². The highest BCUT2D eigenvalue weighted by Crippen LogP contribution is 2.18. The molecule has 5 nitrogen and oxygen atoms in total. The lowest BCUT2D eigenvalue weighted by Crippen LogP contribution is -2.34. The number of nitrogens with one attached hydrogen (secondary N) is 1. The predicted molar refractivity (Wildman–Crippen MR) is 104 cm³/mol. The third kappa shape index (κ3) is 3.68. The molecule has 0 radical (unpaired) electrons. The highest BCUT2D eigenvalue weighted by atomic mass is 35.5. The number of amides is 1. The molecule has 1 aromatic heterocycles. The third-order valence-electron chi connectivity index (χ3n) is 4.40. The fourth-order valence-corrected chi connectivity index (χ4v) is 3.35. The normalized spacial score (nSPS) is 12.3. The zero-order chi connectivity index (χ0) is 18.7. The summed E-state index contributed by atoms with van der Waals surface area (Å²) in [5.41, 5.74) is 2.40. The van der Waals surface area contributed by atoms with Crippen molar-refractivity contribution in [2.24, 2.45) is 0 Å². The maximum absolute atomic E-state index is 12.7. The van der Waals surface area contributed by atoms with Crippen LogP contribution in [0.25, 0.3) is 11.0 Å². The first kappa shape index (κ1) is 18.3. The van der Waals surface area contributed by atoms with Gasteiger partial charge in [0.15, 0.2) is 0 Å². The SMILES string of the molecule is CCCn1c(=O)n(CC(=O)N[C@H](C)c2cccc(Cl)c2)c2ccccc21. The van der Waals surface area contributed by atoms with Gasteiger partial charge in [0.2, 0.25) is 5.91 Å². The zero-order valence-electron chi connectivity index (χ0n) is 14.9. The van der Waals surface area contributed by atoms with Gasteiger partial charge < -0.3 is 5.32 Å². The van der Waals surface area contributed by atoms with E-state index in [1.807, 2.05) is 56.3 Å². The Hall–Kier alpha value is -2.53. The lowest BCUT2D eigenvalue weighted by atomic mass is 10.1. The summed E-state index contributed by atoms with van der Waals surface area (Å²) in [5, 5.41) is 3.57. The summed E-state index contributed by atoms with van der Waals surface area (Å²) >= 11 is 6.01. The van der Waals surface area contributed by atoms with E-state index in [1.54, 1.807) is 10.6 Å². The number of imidazole rings is 1. The van der Waals surface area contributed by atoms with E-state index in [2.05, 4.69) is 5.32 Å². The summed E-state index contributed by atoms with van der Waals surface area (Å²) in [4.78, 5) is 25.3. The van der Waals surface area contributed by atoms with Crippen molar-refractivity contribution in [3.8, 4) is 0 Å². The molecule has 6 heteroatoms. The number of hydrogen-bond donors (Lipinski definition) is 1. The molecule has 1 amide bonds. The smallest absolute Gasteiger partial charge is 0.329 e. The van der Waals surface area contributed by atoms with E-state index in [0.717, 1.165) is 23.0 Å². The van der Waals surface area contributed by atoms with Gasteiger partial charge in [-0.25, -0.2) is 4.79 Å². The topological polar surface area (TPSA) is 56.0 Å². The minimum Gasteiger partial charge on any atom is -0.348 e. The van der Waals surface area contributed by atoms with E-state index in [4.69, 9.17) is 11.6 Å². The summed E-state index contributed by atoms with van der Waals surface area (Å²) in [5.74, 6) is -0.209. The second kappa shape index (κ2) is 7.79. The zero-order valence-corrected chi connectivity index (χ0v) is 15.7. The molecule has 0 fully saturated rings. The Morgan fingerprint density at radius 3 is 2.46 bits per heavy atom. The molecule has 2 aromatic carbocycles. The Morgan fingerprint density at radius 1 is 1.12 bits per heavy atom. The number of nitrogens with zero attached hydrogens (tertiary/aromatic N) is 2. The van der Waals surface area contributed by atoms with Crippen LogP contribution < -0.4 is 11.0 Å². The fourth-order valence-electron chi connectivity index (χ4n) is 3.15. The van der Waals surface area contributed by atoms with Crippen LogP contribution in [0.3, 0.4) is 0 Å². The average molecular weight is 372 g/mol. The van der Waals surface area contributed by atoms with Crippen molar-refractivity contribution in [2.45, 2.75) is 39.4 Å². The summed E-state index contributed by atoms with van der Waals surface area (Å²) in [6, 6.07) is 14.8. The van der Waals surface area contributed by atoms with Gasteiger partial charge in [-0.3, -0.25) is 13.9 Å². The number of benzene rings is 2. The molecule has 1 heterocycles. The molecule has 1 N–H and O–H groups in total. The Labute approximate surface area is 157 Å². The molecule has 0 saturated heterocycles. The first-order chi connectivity index (χ1) is 12.5. The molecule has 0 saturated carbocycles. The van der Waals surface area contributed by atoms with Crippen molar-refractivity contribution in [1.29, 1.82) is 0 Å². The minimum atomic E-state index is -0.209. The number of aromatic nitrogens is 2. The summed E-state index contributed by atoms with van der Waals surface area (Å²) < 4.78 is 3.26. The first-order valence-electron chi connectivity index (χ1n) is 8.74. The molecular weight excluding hydrogens is 350 g/mol. The van der Waals surface area contributed by atoms with Gasteiger partial charge in [0, 0.05) is 11.6 Å². The van der Waals surface area contributed by atoms with Crippen LogP contribution in [0, 0.1) is 0 Å². The van der Waals surface area contributed by atoms with Crippen molar-refractivity contribution >= 4 is 28.5 Å². The molecular formula is C20H22ClN3O2. The molecule has 0 aliphatic rings. The molecule has 0 bridgehead atoms. The molecule has 0 spiro atoms. The molecule has 1 atom stereocenters. The van der Waals surface area contributed by atoms with Crippen molar-refractivity contribution < 1.29 is 4.79 Å². The standard InChI is InChI=1S/C20H22ClN3O2/c1-3-11-23-17-9-4-5-10-18(17)24(20(23)26)13-19(25)22-14(2)15-7-6-8-16(21)12-15/h4-10,12,14H,3,11,13H2,1-2H3,(H,22,25)/t14-/m1/s1. The highest BCUT2D eigenvalue weighted by molar-refractivity contribution is 6.30. The van der Waals surface area contributed by atoms with Crippen LogP contribution in [0.1, 0.15) is 31.9 Å². The van der Waals surface area contributed by atoms with Gasteiger partial charge in [-0.1, -0.05) is 42.8 Å². The molecule has 26 heavy (non-hydrogen) atoms. The Balaban J connectivity index is 1.83. The Morgan fingerprint density at radius 2 is 1.81 bits per heavy atom. The Kier molecular flexibility index (Phi) is 5.47. The number of carbonyl (C=O) groups is 1. The van der Waals surface area contributed by atoms with Crippen molar-refractivity contribution in [1.82, 2.24) is 14.5 Å². The lowest BCUT2D eigenvalue weighted by Gasteiger charge is -2.15. The number of fused-ring (bicyclic) bond motifs is 1. The van der Waals surface area contributed by atoms with Gasteiger partial charge in [0.05, 0.1) is 17.1 Å². The number of halogens is 1. The van der Waals surface area contributed by atoms with E-state index >= 15 is 0 Å². The fraction of sp³-hybridized carbons (Fsp3) is 0.300. The summed E-state index contributed by atoms with van der Waals surface area (Å²) in [6.07, 6.45) is 0.853. The van der Waals surface area contributed by atoms with E-state index in [1.165, 1.54) is 4.57 Å². The summed E-state index contributed by atoms with van der Waals surface area (Å²) in [6.45, 7) is 4.54. The van der Waals surface area contributed by atoms with E-state index in [0.29, 0.717) is 11.6 Å². The maximum Gasteiger partial charge on any atom is 0.329 e. The molecule has 3 rings (SSSR count). The highest BCUT2D eigenvalue weighted by Gasteiger charge is 2.16. The molecule has 136 valence electrons. The number of aryl methyl sites for hydroxylation is 1. The molecule has 0 aliphatic carbocycles. The quantitative estimate of drug-likeness (QED) is 0.717. The average Bonchev–Trinajstić information content (AvgIpc) is 2.88. The first-order valence-corrected chi connectivity index (χ1v) is 9.12. The minimum absolute atomic E-state index is 0.0129. The van der Waals surface area contributed by atoms with Crippen LogP contribution in [-0.2, 0) is 17.9 Å².